The molecule has 0 aromatic heterocycles. The molecule has 0 bridgehead atoms. The Bertz CT molecular complexity index is 643. The fourth-order valence-corrected chi connectivity index (χ4v) is 4.21. The normalized spacial score (nSPS) is 20.5. The van der Waals surface area contributed by atoms with Gasteiger partial charge in [0.2, 0.25) is 0 Å². The first kappa shape index (κ1) is 25.5. The smallest absolute Gasteiger partial charge is 0.191 e. The largest absolute Gasteiger partial charge is 0.381 e. The zero-order valence-electron chi connectivity index (χ0n) is 17.9. The van der Waals surface area contributed by atoms with Crippen molar-refractivity contribution >= 4 is 47.2 Å². The summed E-state index contributed by atoms with van der Waals surface area (Å²) in [5.74, 6) is 1.53. The number of benzene rings is 1. The lowest BCUT2D eigenvalue weighted by atomic mass is 10.0. The van der Waals surface area contributed by atoms with Crippen LogP contribution in [0.25, 0.3) is 0 Å². The number of piperidine rings is 1. The highest BCUT2D eigenvalue weighted by Gasteiger charge is 2.22. The molecule has 2 saturated heterocycles. The van der Waals surface area contributed by atoms with Crippen molar-refractivity contribution in [2.24, 2.45) is 10.9 Å². The summed E-state index contributed by atoms with van der Waals surface area (Å²) >= 11 is 6.38. The van der Waals surface area contributed by atoms with E-state index in [1.807, 2.05) is 25.2 Å². The Hall–Kier alpha value is -0.770. The van der Waals surface area contributed by atoms with Gasteiger partial charge in [-0.1, -0.05) is 23.7 Å². The van der Waals surface area contributed by atoms with Crippen LogP contribution in [0.4, 0.5) is 5.69 Å². The zero-order valence-corrected chi connectivity index (χ0v) is 21.0. The number of halogens is 2. The van der Waals surface area contributed by atoms with Crippen LogP contribution in [0, 0.1) is 5.92 Å². The Balaban J connectivity index is 0.00000320. The molecule has 2 fully saturated rings. The standard InChI is InChI=1S/C22H35ClN4O2.HI/c1-24-22(25-11-5-13-29-17-18-9-14-28-15-10-18)26-19-6-4-12-27(16-19)21-8-3-2-7-20(21)23;/h2-3,7-8,18-19H,4-6,9-17H2,1H3,(H2,24,25,26);1H. The molecular weight excluding hydrogens is 515 g/mol. The van der Waals surface area contributed by atoms with Crippen LogP contribution in [0.3, 0.4) is 0 Å². The van der Waals surface area contributed by atoms with Gasteiger partial charge in [0, 0.05) is 59.2 Å². The van der Waals surface area contributed by atoms with Gasteiger partial charge in [-0.3, -0.25) is 4.99 Å². The number of rotatable bonds is 8. The minimum Gasteiger partial charge on any atom is -0.381 e. The van der Waals surface area contributed by atoms with Crippen molar-refractivity contribution in [3.05, 3.63) is 29.3 Å². The third-order valence-corrected chi connectivity index (χ3v) is 5.95. The van der Waals surface area contributed by atoms with Crippen LogP contribution in [0.1, 0.15) is 32.1 Å². The van der Waals surface area contributed by atoms with Crippen molar-refractivity contribution in [2.75, 3.05) is 58.0 Å². The van der Waals surface area contributed by atoms with E-state index < -0.39 is 0 Å². The minimum atomic E-state index is 0. The molecule has 0 spiro atoms. The van der Waals surface area contributed by atoms with Crippen molar-refractivity contribution in [2.45, 2.75) is 38.1 Å². The molecule has 2 aliphatic heterocycles. The Labute approximate surface area is 203 Å². The Morgan fingerprint density at radius 3 is 2.83 bits per heavy atom. The second-order valence-electron chi connectivity index (χ2n) is 7.86. The van der Waals surface area contributed by atoms with Crippen LogP contribution in [-0.2, 0) is 9.47 Å². The predicted octanol–water partition coefficient (Wildman–Crippen LogP) is 3.93. The van der Waals surface area contributed by atoms with E-state index in [-0.39, 0.29) is 24.0 Å². The van der Waals surface area contributed by atoms with Crippen molar-refractivity contribution in [3.8, 4) is 0 Å². The Kier molecular flexibility index (Phi) is 12.2. The van der Waals surface area contributed by atoms with Crippen LogP contribution in [0.15, 0.2) is 29.3 Å². The monoisotopic (exact) mass is 550 g/mol. The summed E-state index contributed by atoms with van der Waals surface area (Å²) in [5.41, 5.74) is 1.12. The fraction of sp³-hybridized carbons (Fsp3) is 0.682. The average Bonchev–Trinajstić information content (AvgIpc) is 2.76. The Morgan fingerprint density at radius 2 is 2.07 bits per heavy atom. The van der Waals surface area contributed by atoms with Crippen LogP contribution in [0.5, 0.6) is 0 Å². The van der Waals surface area contributed by atoms with E-state index in [0.717, 1.165) is 94.8 Å². The number of hydrogen-bond acceptors (Lipinski definition) is 4. The summed E-state index contributed by atoms with van der Waals surface area (Å²) in [6.07, 6.45) is 5.50. The van der Waals surface area contributed by atoms with Gasteiger partial charge in [-0.25, -0.2) is 0 Å². The number of para-hydroxylation sites is 1. The van der Waals surface area contributed by atoms with E-state index >= 15 is 0 Å². The summed E-state index contributed by atoms with van der Waals surface area (Å²) in [5, 5.41) is 7.80. The van der Waals surface area contributed by atoms with Gasteiger partial charge in [0.05, 0.1) is 10.7 Å². The number of hydrogen-bond donors (Lipinski definition) is 2. The first-order valence-corrected chi connectivity index (χ1v) is 11.3. The molecule has 6 nitrogen and oxygen atoms in total. The topological polar surface area (TPSA) is 58.1 Å². The minimum absolute atomic E-state index is 0. The van der Waals surface area contributed by atoms with Crippen LogP contribution < -0.4 is 15.5 Å². The number of aliphatic imine (C=N–C) groups is 1. The highest BCUT2D eigenvalue weighted by atomic mass is 127. The lowest BCUT2D eigenvalue weighted by Crippen LogP contribution is -2.51. The number of ether oxygens (including phenoxy) is 2. The fourth-order valence-electron chi connectivity index (χ4n) is 3.95. The SMILES string of the molecule is CN=C(NCCCOCC1CCOCC1)NC1CCCN(c2ccccc2Cl)C1.I. The van der Waals surface area contributed by atoms with Crippen LogP contribution in [0.2, 0.25) is 5.02 Å². The first-order chi connectivity index (χ1) is 14.3. The molecule has 0 aliphatic carbocycles. The van der Waals surface area contributed by atoms with Gasteiger partial charge >= 0.3 is 0 Å². The highest BCUT2D eigenvalue weighted by Crippen LogP contribution is 2.27. The van der Waals surface area contributed by atoms with Crippen LogP contribution in [-0.4, -0.2) is 65.1 Å². The van der Waals surface area contributed by atoms with Crippen molar-refractivity contribution in [3.63, 3.8) is 0 Å². The molecule has 30 heavy (non-hydrogen) atoms. The maximum absolute atomic E-state index is 6.38. The molecule has 0 amide bonds. The maximum atomic E-state index is 6.38. The van der Waals surface area contributed by atoms with Crippen LogP contribution >= 0.6 is 35.6 Å². The zero-order chi connectivity index (χ0) is 20.3. The predicted molar refractivity (Wildman–Crippen MR) is 136 cm³/mol. The molecule has 0 saturated carbocycles. The van der Waals surface area contributed by atoms with Crippen molar-refractivity contribution in [1.82, 2.24) is 10.6 Å². The summed E-state index contributed by atoms with van der Waals surface area (Å²) in [6.45, 7) is 6.23. The van der Waals surface area contributed by atoms with Crippen molar-refractivity contribution in [1.29, 1.82) is 0 Å². The van der Waals surface area contributed by atoms with E-state index in [1.165, 1.54) is 0 Å². The molecule has 1 unspecified atom stereocenters. The first-order valence-electron chi connectivity index (χ1n) is 10.9. The molecule has 8 heteroatoms. The molecule has 2 heterocycles. The van der Waals surface area contributed by atoms with E-state index in [2.05, 4.69) is 26.6 Å². The summed E-state index contributed by atoms with van der Waals surface area (Å²) in [7, 11) is 1.83. The van der Waals surface area contributed by atoms with E-state index in [9.17, 15) is 0 Å². The van der Waals surface area contributed by atoms with Gasteiger partial charge in [0.25, 0.3) is 0 Å². The lowest BCUT2D eigenvalue weighted by molar-refractivity contribution is 0.0203. The van der Waals surface area contributed by atoms with Gasteiger partial charge in [-0.05, 0) is 50.2 Å². The van der Waals surface area contributed by atoms with Gasteiger partial charge in [-0.2, -0.15) is 0 Å². The molecule has 3 rings (SSSR count). The third kappa shape index (κ3) is 8.40. The molecule has 1 aromatic rings. The third-order valence-electron chi connectivity index (χ3n) is 5.63. The molecule has 170 valence electrons. The lowest BCUT2D eigenvalue weighted by Gasteiger charge is -2.35. The van der Waals surface area contributed by atoms with Gasteiger partial charge in [0.1, 0.15) is 0 Å². The summed E-state index contributed by atoms with van der Waals surface area (Å²) < 4.78 is 11.2. The highest BCUT2D eigenvalue weighted by molar-refractivity contribution is 14.0. The number of anilines is 1. The van der Waals surface area contributed by atoms with Gasteiger partial charge in [-0.15, -0.1) is 24.0 Å². The van der Waals surface area contributed by atoms with E-state index in [0.29, 0.717) is 12.0 Å². The summed E-state index contributed by atoms with van der Waals surface area (Å²) in [4.78, 5) is 6.75. The Morgan fingerprint density at radius 1 is 1.27 bits per heavy atom. The van der Waals surface area contributed by atoms with E-state index in [1.54, 1.807) is 0 Å². The average molecular weight is 551 g/mol. The quantitative estimate of drug-likeness (QED) is 0.222. The molecular formula is C22H36ClIN4O2. The second kappa shape index (κ2) is 14.3. The second-order valence-corrected chi connectivity index (χ2v) is 8.27. The van der Waals surface area contributed by atoms with Crippen molar-refractivity contribution < 1.29 is 9.47 Å². The molecule has 2 N–H and O–H groups in total. The number of guanidine groups is 1. The molecule has 1 aromatic carbocycles. The molecule has 1 atom stereocenters. The summed E-state index contributed by atoms with van der Waals surface area (Å²) in [6, 6.07) is 8.43. The molecule has 0 radical (unpaired) electrons. The van der Waals surface area contributed by atoms with E-state index in [4.69, 9.17) is 21.1 Å². The number of nitrogens with zero attached hydrogens (tertiary/aromatic N) is 2. The number of nitrogens with one attached hydrogen (secondary N) is 2. The maximum Gasteiger partial charge on any atom is 0.191 e. The van der Waals surface area contributed by atoms with Gasteiger partial charge in [0.15, 0.2) is 5.96 Å². The van der Waals surface area contributed by atoms with Gasteiger partial charge < -0.3 is 25.0 Å². The molecule has 2 aliphatic rings.